The van der Waals surface area contributed by atoms with Gasteiger partial charge in [0.15, 0.2) is 5.13 Å². The standard InChI is InChI=1S/C14H15N3O2S/c1-19-11-6-4-10(5-7-11)16-13(18)17-14-15-8-12(20-14)9-2-3-9/h4-9H,2-3H2,1H3,(H2,15,16,17,18). The lowest BCUT2D eigenvalue weighted by Gasteiger charge is -2.06. The monoisotopic (exact) mass is 289 g/mol. The van der Waals surface area contributed by atoms with Gasteiger partial charge in [-0.25, -0.2) is 9.78 Å². The predicted octanol–water partition coefficient (Wildman–Crippen LogP) is 3.67. The number of anilines is 2. The van der Waals surface area contributed by atoms with Gasteiger partial charge in [-0.05, 0) is 43.0 Å². The summed E-state index contributed by atoms with van der Waals surface area (Å²) in [7, 11) is 1.61. The Labute approximate surface area is 121 Å². The number of carbonyl (C=O) groups excluding carboxylic acids is 1. The van der Waals surface area contributed by atoms with Crippen molar-refractivity contribution in [2.75, 3.05) is 17.7 Å². The topological polar surface area (TPSA) is 63.2 Å². The maximum absolute atomic E-state index is 11.8. The van der Waals surface area contributed by atoms with Gasteiger partial charge in [0.25, 0.3) is 0 Å². The molecule has 6 heteroatoms. The largest absolute Gasteiger partial charge is 0.497 e. The fourth-order valence-electron chi connectivity index (χ4n) is 1.83. The average Bonchev–Trinajstić information content (AvgIpc) is 3.20. The number of hydrogen-bond donors (Lipinski definition) is 2. The molecule has 0 aliphatic heterocycles. The molecule has 1 saturated carbocycles. The van der Waals surface area contributed by atoms with E-state index < -0.39 is 0 Å². The summed E-state index contributed by atoms with van der Waals surface area (Å²) in [5.74, 6) is 1.41. The van der Waals surface area contributed by atoms with E-state index in [1.54, 1.807) is 42.7 Å². The summed E-state index contributed by atoms with van der Waals surface area (Å²) in [6.07, 6.45) is 4.32. The fraction of sp³-hybridized carbons (Fsp3) is 0.286. The van der Waals surface area contributed by atoms with Gasteiger partial charge in [-0.15, -0.1) is 11.3 Å². The number of benzene rings is 1. The second-order valence-electron chi connectivity index (χ2n) is 4.65. The smallest absolute Gasteiger partial charge is 0.325 e. The third-order valence-electron chi connectivity index (χ3n) is 3.07. The van der Waals surface area contributed by atoms with Crippen molar-refractivity contribution in [3.05, 3.63) is 35.3 Å². The molecule has 1 aliphatic rings. The molecule has 20 heavy (non-hydrogen) atoms. The van der Waals surface area contributed by atoms with E-state index in [9.17, 15) is 4.79 Å². The number of rotatable bonds is 4. The number of urea groups is 1. The van der Waals surface area contributed by atoms with E-state index >= 15 is 0 Å². The van der Waals surface area contributed by atoms with E-state index in [0.717, 1.165) is 5.75 Å². The number of carbonyl (C=O) groups is 1. The number of thiazole rings is 1. The number of ether oxygens (including phenoxy) is 1. The molecule has 1 heterocycles. The van der Waals surface area contributed by atoms with Crippen LogP contribution in [-0.4, -0.2) is 18.1 Å². The van der Waals surface area contributed by atoms with Crippen molar-refractivity contribution >= 4 is 28.2 Å². The minimum Gasteiger partial charge on any atom is -0.497 e. The Balaban J connectivity index is 1.57. The molecule has 2 N–H and O–H groups in total. The van der Waals surface area contributed by atoms with Crippen LogP contribution in [0.3, 0.4) is 0 Å². The normalized spacial score (nSPS) is 13.8. The fourth-order valence-corrected chi connectivity index (χ4v) is 2.81. The van der Waals surface area contributed by atoms with E-state index in [1.165, 1.54) is 17.7 Å². The molecule has 1 aromatic carbocycles. The van der Waals surface area contributed by atoms with Gasteiger partial charge in [-0.3, -0.25) is 5.32 Å². The molecule has 0 atom stereocenters. The van der Waals surface area contributed by atoms with Crippen LogP contribution in [0.15, 0.2) is 30.5 Å². The van der Waals surface area contributed by atoms with Crippen LogP contribution >= 0.6 is 11.3 Å². The van der Waals surface area contributed by atoms with Crippen molar-refractivity contribution in [3.8, 4) is 5.75 Å². The lowest BCUT2D eigenvalue weighted by molar-refractivity contribution is 0.262. The molecule has 0 radical (unpaired) electrons. The molecule has 1 aromatic heterocycles. The van der Waals surface area contributed by atoms with Crippen LogP contribution in [0.2, 0.25) is 0 Å². The van der Waals surface area contributed by atoms with E-state index in [4.69, 9.17) is 4.74 Å². The number of hydrogen-bond acceptors (Lipinski definition) is 4. The van der Waals surface area contributed by atoms with Gasteiger partial charge in [0.1, 0.15) is 5.75 Å². The Bertz CT molecular complexity index is 605. The maximum Gasteiger partial charge on any atom is 0.325 e. The first kappa shape index (κ1) is 12.9. The molecule has 2 aromatic rings. The first-order valence-corrected chi connectivity index (χ1v) is 7.24. The van der Waals surface area contributed by atoms with Gasteiger partial charge < -0.3 is 10.1 Å². The average molecular weight is 289 g/mol. The highest BCUT2D eigenvalue weighted by Crippen LogP contribution is 2.43. The van der Waals surface area contributed by atoms with Crippen LogP contribution in [0.1, 0.15) is 23.6 Å². The van der Waals surface area contributed by atoms with Crippen LogP contribution in [0.4, 0.5) is 15.6 Å². The number of nitrogens with zero attached hydrogens (tertiary/aromatic N) is 1. The Morgan fingerprint density at radius 1 is 1.30 bits per heavy atom. The molecule has 5 nitrogen and oxygen atoms in total. The van der Waals surface area contributed by atoms with E-state index in [1.807, 2.05) is 6.20 Å². The van der Waals surface area contributed by atoms with Crippen molar-refractivity contribution in [1.82, 2.24) is 4.98 Å². The second-order valence-corrected chi connectivity index (χ2v) is 5.71. The van der Waals surface area contributed by atoms with Gasteiger partial charge in [0, 0.05) is 16.8 Å². The Kier molecular flexibility index (Phi) is 3.56. The molecule has 0 saturated heterocycles. The number of methoxy groups -OCH3 is 1. The summed E-state index contributed by atoms with van der Waals surface area (Å²) in [4.78, 5) is 17.3. The zero-order chi connectivity index (χ0) is 13.9. The highest BCUT2D eigenvalue weighted by Gasteiger charge is 2.25. The van der Waals surface area contributed by atoms with Crippen LogP contribution in [0.25, 0.3) is 0 Å². The second kappa shape index (κ2) is 5.50. The number of amides is 2. The predicted molar refractivity (Wildman–Crippen MR) is 79.7 cm³/mol. The van der Waals surface area contributed by atoms with Gasteiger partial charge in [0.05, 0.1) is 7.11 Å². The molecular weight excluding hydrogens is 274 g/mol. The van der Waals surface area contributed by atoms with Crippen LogP contribution in [-0.2, 0) is 0 Å². The minimum atomic E-state index is -0.285. The summed E-state index contributed by atoms with van der Waals surface area (Å²) in [5.41, 5.74) is 0.710. The molecular formula is C14H15N3O2S. The third-order valence-corrected chi connectivity index (χ3v) is 4.15. The zero-order valence-electron chi connectivity index (χ0n) is 11.1. The quantitative estimate of drug-likeness (QED) is 0.902. The number of aromatic nitrogens is 1. The van der Waals surface area contributed by atoms with Crippen LogP contribution < -0.4 is 15.4 Å². The molecule has 0 bridgehead atoms. The van der Waals surface area contributed by atoms with Crippen molar-refractivity contribution in [2.45, 2.75) is 18.8 Å². The van der Waals surface area contributed by atoms with Crippen LogP contribution in [0, 0.1) is 0 Å². The summed E-state index contributed by atoms with van der Waals surface area (Å²) < 4.78 is 5.06. The van der Waals surface area contributed by atoms with Crippen molar-refractivity contribution in [3.63, 3.8) is 0 Å². The van der Waals surface area contributed by atoms with Crippen LogP contribution in [0.5, 0.6) is 5.75 Å². The summed E-state index contributed by atoms with van der Waals surface area (Å²) >= 11 is 1.55. The SMILES string of the molecule is COc1ccc(NC(=O)Nc2ncc(C3CC3)s2)cc1. The van der Waals surface area contributed by atoms with E-state index in [2.05, 4.69) is 15.6 Å². The van der Waals surface area contributed by atoms with Gasteiger partial charge in [-0.2, -0.15) is 0 Å². The molecule has 1 fully saturated rings. The Morgan fingerprint density at radius 2 is 2.05 bits per heavy atom. The lowest BCUT2D eigenvalue weighted by Crippen LogP contribution is -2.19. The summed E-state index contributed by atoms with van der Waals surface area (Å²) in [5, 5.41) is 6.14. The first-order valence-electron chi connectivity index (χ1n) is 6.42. The molecule has 0 unspecified atom stereocenters. The summed E-state index contributed by atoms with van der Waals surface area (Å²) in [6, 6.07) is 6.88. The molecule has 2 amide bonds. The van der Waals surface area contributed by atoms with Crippen molar-refractivity contribution < 1.29 is 9.53 Å². The van der Waals surface area contributed by atoms with Gasteiger partial charge in [-0.1, -0.05) is 0 Å². The molecule has 0 spiro atoms. The highest BCUT2D eigenvalue weighted by molar-refractivity contribution is 7.15. The van der Waals surface area contributed by atoms with Gasteiger partial charge in [0.2, 0.25) is 0 Å². The molecule has 3 rings (SSSR count). The molecule has 1 aliphatic carbocycles. The van der Waals surface area contributed by atoms with Crippen molar-refractivity contribution in [2.24, 2.45) is 0 Å². The zero-order valence-corrected chi connectivity index (χ0v) is 11.9. The molecule has 104 valence electrons. The van der Waals surface area contributed by atoms with Crippen molar-refractivity contribution in [1.29, 1.82) is 0 Å². The summed E-state index contributed by atoms with van der Waals surface area (Å²) in [6.45, 7) is 0. The van der Waals surface area contributed by atoms with E-state index in [0.29, 0.717) is 16.7 Å². The lowest BCUT2D eigenvalue weighted by atomic mass is 10.3. The Hall–Kier alpha value is -2.08. The Morgan fingerprint density at radius 3 is 2.70 bits per heavy atom. The number of nitrogens with one attached hydrogen (secondary N) is 2. The minimum absolute atomic E-state index is 0.285. The highest BCUT2D eigenvalue weighted by atomic mass is 32.1. The van der Waals surface area contributed by atoms with Gasteiger partial charge >= 0.3 is 6.03 Å². The first-order chi connectivity index (χ1) is 9.74. The maximum atomic E-state index is 11.8. The van der Waals surface area contributed by atoms with E-state index in [-0.39, 0.29) is 6.03 Å². The third kappa shape index (κ3) is 3.08.